The lowest BCUT2D eigenvalue weighted by Gasteiger charge is -2.40. The zero-order valence-electron chi connectivity index (χ0n) is 16.4. The van der Waals surface area contributed by atoms with E-state index in [0.29, 0.717) is 13.1 Å². The van der Waals surface area contributed by atoms with Crippen LogP contribution in [0.3, 0.4) is 0 Å². The molecule has 0 bridgehead atoms. The Hall–Kier alpha value is -1.60. The Morgan fingerprint density at radius 1 is 1.17 bits per heavy atom. The Balaban J connectivity index is 1.42. The molecule has 2 aliphatic rings. The number of aliphatic hydroxyl groups excluding tert-OH is 2. The minimum absolute atomic E-state index is 0.0267. The molecule has 4 unspecified atom stereocenters. The summed E-state index contributed by atoms with van der Waals surface area (Å²) in [5.74, 6) is 0.911. The molecule has 4 heterocycles. The van der Waals surface area contributed by atoms with Crippen LogP contribution in [-0.4, -0.2) is 92.2 Å². The van der Waals surface area contributed by atoms with Crippen LogP contribution in [-0.2, 0) is 14.8 Å². The molecule has 0 radical (unpaired) electrons. The van der Waals surface area contributed by atoms with Crippen molar-refractivity contribution in [3.63, 3.8) is 0 Å². The molecule has 9 nitrogen and oxygen atoms in total. The van der Waals surface area contributed by atoms with E-state index in [0.717, 1.165) is 30.2 Å². The third-order valence-electron chi connectivity index (χ3n) is 5.58. The lowest BCUT2D eigenvalue weighted by atomic mass is 10.0. The molecular weight excluding hydrogens is 428 g/mol. The van der Waals surface area contributed by atoms with Crippen LogP contribution < -0.4 is 9.62 Å². The van der Waals surface area contributed by atoms with Crippen LogP contribution in [0.1, 0.15) is 0 Å². The number of thiophene rings is 1. The van der Waals surface area contributed by atoms with Gasteiger partial charge in [0.05, 0.1) is 18.8 Å². The first-order valence-corrected chi connectivity index (χ1v) is 12.2. The van der Waals surface area contributed by atoms with Crippen molar-refractivity contribution < 1.29 is 23.4 Å². The monoisotopic (exact) mass is 454 g/mol. The van der Waals surface area contributed by atoms with Gasteiger partial charge in [0.25, 0.3) is 0 Å². The van der Waals surface area contributed by atoms with Gasteiger partial charge >= 0.3 is 0 Å². The maximum Gasteiger partial charge on any atom is 0.250 e. The second-order valence-corrected chi connectivity index (χ2v) is 10.3. The van der Waals surface area contributed by atoms with Crippen LogP contribution in [0.5, 0.6) is 0 Å². The molecule has 164 valence electrons. The Kier molecular flexibility index (Phi) is 6.68. The largest absolute Gasteiger partial charge is 0.394 e. The molecule has 0 aliphatic carbocycles. The van der Waals surface area contributed by atoms with Crippen molar-refractivity contribution in [1.29, 1.82) is 0 Å². The number of anilines is 1. The number of piperazine rings is 1. The SMILES string of the molecule is O=S(=O)(NCC1OC(CO)C(O)C1N1CCN(c2ccccn2)CC1)c1cccs1. The smallest absolute Gasteiger partial charge is 0.250 e. The standard InChI is InChI=1S/C19H26N4O5S2/c24-13-15-19(25)18(14(28-15)12-21-30(26,27)17-5-3-11-29-17)23-9-7-22(8-10-23)16-4-1-2-6-20-16/h1-6,11,14-15,18-19,21,24-25H,7-10,12-13H2. The number of hydrogen-bond acceptors (Lipinski definition) is 9. The third kappa shape index (κ3) is 4.52. The normalized spacial score (nSPS) is 28.1. The van der Waals surface area contributed by atoms with Gasteiger partial charge in [-0.05, 0) is 23.6 Å². The van der Waals surface area contributed by atoms with E-state index in [1.807, 2.05) is 18.2 Å². The fourth-order valence-corrected chi connectivity index (χ4v) is 6.15. The lowest BCUT2D eigenvalue weighted by molar-refractivity contribution is -0.0201. The molecule has 3 N–H and O–H groups in total. The van der Waals surface area contributed by atoms with E-state index in [1.54, 1.807) is 23.7 Å². The molecule has 0 saturated carbocycles. The molecule has 0 aromatic carbocycles. The van der Waals surface area contributed by atoms with Crippen LogP contribution in [0, 0.1) is 0 Å². The summed E-state index contributed by atoms with van der Waals surface area (Å²) < 4.78 is 33.6. The van der Waals surface area contributed by atoms with Gasteiger partial charge in [0.2, 0.25) is 10.0 Å². The van der Waals surface area contributed by atoms with E-state index < -0.39 is 34.4 Å². The van der Waals surface area contributed by atoms with E-state index >= 15 is 0 Å². The number of nitrogens with zero attached hydrogens (tertiary/aromatic N) is 3. The van der Waals surface area contributed by atoms with E-state index in [2.05, 4.69) is 19.5 Å². The molecule has 11 heteroatoms. The molecule has 30 heavy (non-hydrogen) atoms. The zero-order chi connectivity index (χ0) is 21.1. The van der Waals surface area contributed by atoms with Gasteiger partial charge in [-0.2, -0.15) is 0 Å². The summed E-state index contributed by atoms with van der Waals surface area (Å²) in [5.41, 5.74) is 0. The molecule has 0 spiro atoms. The Morgan fingerprint density at radius 2 is 1.97 bits per heavy atom. The average Bonchev–Trinajstić information content (AvgIpc) is 3.42. The summed E-state index contributed by atoms with van der Waals surface area (Å²) in [7, 11) is -3.64. The predicted octanol–water partition coefficient (Wildman–Crippen LogP) is -0.267. The van der Waals surface area contributed by atoms with Crippen LogP contribution in [0.25, 0.3) is 0 Å². The number of nitrogens with one attached hydrogen (secondary N) is 1. The second kappa shape index (κ2) is 9.27. The Labute approximate surface area is 180 Å². The highest BCUT2D eigenvalue weighted by molar-refractivity contribution is 7.91. The first-order valence-electron chi connectivity index (χ1n) is 9.87. The van der Waals surface area contributed by atoms with Gasteiger partial charge in [-0.25, -0.2) is 18.1 Å². The Bertz CT molecular complexity index is 904. The molecule has 0 amide bonds. The van der Waals surface area contributed by atoms with Gasteiger partial charge in [-0.15, -0.1) is 11.3 Å². The number of rotatable bonds is 7. The van der Waals surface area contributed by atoms with Gasteiger partial charge in [0, 0.05) is 38.9 Å². The van der Waals surface area contributed by atoms with Gasteiger partial charge in [-0.1, -0.05) is 12.1 Å². The van der Waals surface area contributed by atoms with Crippen molar-refractivity contribution >= 4 is 27.2 Å². The van der Waals surface area contributed by atoms with Crippen molar-refractivity contribution in [1.82, 2.24) is 14.6 Å². The zero-order valence-corrected chi connectivity index (χ0v) is 18.0. The van der Waals surface area contributed by atoms with Crippen molar-refractivity contribution in [2.75, 3.05) is 44.2 Å². The minimum Gasteiger partial charge on any atom is -0.394 e. The molecule has 2 aromatic heterocycles. The topological polar surface area (TPSA) is 115 Å². The third-order valence-corrected chi connectivity index (χ3v) is 8.41. The van der Waals surface area contributed by atoms with Crippen LogP contribution >= 0.6 is 11.3 Å². The first kappa shape index (κ1) is 21.6. The van der Waals surface area contributed by atoms with Gasteiger partial charge < -0.3 is 19.8 Å². The van der Waals surface area contributed by atoms with Crippen molar-refractivity contribution in [2.24, 2.45) is 0 Å². The van der Waals surface area contributed by atoms with E-state index in [9.17, 15) is 18.6 Å². The van der Waals surface area contributed by atoms with Crippen LogP contribution in [0.4, 0.5) is 5.82 Å². The summed E-state index contributed by atoms with van der Waals surface area (Å²) in [6, 6.07) is 8.61. The van der Waals surface area contributed by atoms with Gasteiger partial charge in [-0.3, -0.25) is 4.90 Å². The highest BCUT2D eigenvalue weighted by Gasteiger charge is 2.47. The second-order valence-electron chi connectivity index (χ2n) is 7.37. The molecule has 2 aromatic rings. The fourth-order valence-electron chi connectivity index (χ4n) is 4.07. The summed E-state index contributed by atoms with van der Waals surface area (Å²) in [4.78, 5) is 8.68. The number of sulfonamides is 1. The number of aliphatic hydroxyl groups is 2. The predicted molar refractivity (Wildman–Crippen MR) is 113 cm³/mol. The van der Waals surface area contributed by atoms with Gasteiger partial charge in [0.15, 0.2) is 0 Å². The van der Waals surface area contributed by atoms with Gasteiger partial charge in [0.1, 0.15) is 22.2 Å². The summed E-state index contributed by atoms with van der Waals surface area (Å²) >= 11 is 1.14. The molecule has 4 rings (SSSR count). The van der Waals surface area contributed by atoms with Crippen molar-refractivity contribution in [3.8, 4) is 0 Å². The molecule has 4 atom stereocenters. The number of ether oxygens (including phenoxy) is 1. The number of pyridine rings is 1. The lowest BCUT2D eigenvalue weighted by Crippen LogP contribution is -2.57. The molecule has 2 aliphatic heterocycles. The van der Waals surface area contributed by atoms with Crippen molar-refractivity contribution in [3.05, 3.63) is 41.9 Å². The quantitative estimate of drug-likeness (QED) is 0.524. The molecular formula is C19H26N4O5S2. The first-order chi connectivity index (χ1) is 14.5. The van der Waals surface area contributed by atoms with E-state index in [-0.39, 0.29) is 17.4 Å². The maximum atomic E-state index is 12.5. The average molecular weight is 455 g/mol. The van der Waals surface area contributed by atoms with Crippen LogP contribution in [0.2, 0.25) is 0 Å². The summed E-state index contributed by atoms with van der Waals surface area (Å²) in [6.45, 7) is 2.52. The van der Waals surface area contributed by atoms with E-state index in [4.69, 9.17) is 4.74 Å². The number of hydrogen-bond donors (Lipinski definition) is 3. The summed E-state index contributed by atoms with van der Waals surface area (Å²) in [5, 5.41) is 22.0. The summed E-state index contributed by atoms with van der Waals surface area (Å²) in [6.07, 6.45) is -0.432. The maximum absolute atomic E-state index is 12.5. The number of aromatic nitrogens is 1. The van der Waals surface area contributed by atoms with Crippen molar-refractivity contribution in [2.45, 2.75) is 28.6 Å². The minimum atomic E-state index is -3.64. The highest BCUT2D eigenvalue weighted by Crippen LogP contribution is 2.28. The molecule has 2 saturated heterocycles. The fraction of sp³-hybridized carbons (Fsp3) is 0.526. The highest BCUT2D eigenvalue weighted by atomic mass is 32.2. The molecule has 2 fully saturated rings. The van der Waals surface area contributed by atoms with E-state index in [1.165, 1.54) is 0 Å². The van der Waals surface area contributed by atoms with Crippen LogP contribution in [0.15, 0.2) is 46.1 Å². The Morgan fingerprint density at radius 3 is 2.60 bits per heavy atom.